The van der Waals surface area contributed by atoms with Crippen molar-refractivity contribution in [1.29, 1.82) is 0 Å². The lowest BCUT2D eigenvalue weighted by Crippen LogP contribution is -2.12. The second-order valence-corrected chi connectivity index (χ2v) is 9.14. The van der Waals surface area contributed by atoms with Crippen LogP contribution in [0, 0.1) is 0 Å². The molecule has 0 aliphatic carbocycles. The molecule has 1 amide bonds. The number of nitrogens with one attached hydrogen (secondary N) is 1. The number of carbonyl (C=O) groups is 2. The molecule has 2 aromatic heterocycles. The van der Waals surface area contributed by atoms with Crippen LogP contribution in [-0.4, -0.2) is 38.8 Å². The van der Waals surface area contributed by atoms with Crippen LogP contribution in [0.2, 0.25) is 0 Å². The Kier molecular flexibility index (Phi) is 8.26. The average Bonchev–Trinajstić information content (AvgIpc) is 3.33. The van der Waals surface area contributed by atoms with Gasteiger partial charge in [-0.05, 0) is 60.7 Å². The number of nitrogens with zero attached hydrogens (tertiary/aromatic N) is 3. The van der Waals surface area contributed by atoms with E-state index in [2.05, 4.69) is 22.9 Å². The molecule has 2 heterocycles. The third-order valence-electron chi connectivity index (χ3n) is 6.01. The second kappa shape index (κ2) is 12.3. The molecule has 7 nitrogen and oxygen atoms in total. The van der Waals surface area contributed by atoms with Crippen molar-refractivity contribution in [3.05, 3.63) is 125 Å². The Hall–Kier alpha value is -4.53. The molecule has 0 saturated carbocycles. The Labute approximate surface area is 231 Å². The van der Waals surface area contributed by atoms with Gasteiger partial charge in [-0.25, -0.2) is 4.68 Å². The molecule has 0 aliphatic heterocycles. The summed E-state index contributed by atoms with van der Waals surface area (Å²) in [5, 5.41) is 8.47. The Bertz CT molecular complexity index is 1630. The number of rotatable bonds is 10. The lowest BCUT2D eigenvalue weighted by Gasteiger charge is -2.08. The third-order valence-corrected chi connectivity index (χ3v) is 6.19. The maximum absolute atomic E-state index is 13.5. The predicted molar refractivity (Wildman–Crippen MR) is 157 cm³/mol. The van der Waals surface area contributed by atoms with Crippen LogP contribution >= 0.6 is 12.6 Å². The van der Waals surface area contributed by atoms with E-state index in [9.17, 15) is 9.59 Å². The van der Waals surface area contributed by atoms with E-state index >= 15 is 0 Å². The summed E-state index contributed by atoms with van der Waals surface area (Å²) in [6, 6.07) is 27.1. The number of ether oxygens (including phenoxy) is 1. The molecule has 0 saturated heterocycles. The molecule has 0 fully saturated rings. The molecule has 39 heavy (non-hydrogen) atoms. The summed E-state index contributed by atoms with van der Waals surface area (Å²) in [5.74, 6) is 0.187. The fraction of sp³-hybridized carbons (Fsp3) is 0.0968. The summed E-state index contributed by atoms with van der Waals surface area (Å²) in [7, 11) is 0. The van der Waals surface area contributed by atoms with Crippen molar-refractivity contribution >= 4 is 53.1 Å². The molecular formula is C31H26N4O3S. The number of carbonyl (C=O) groups excluding carboxylic acids is 2. The quantitative estimate of drug-likeness (QED) is 0.131. The zero-order chi connectivity index (χ0) is 27.0. The fourth-order valence-electron chi connectivity index (χ4n) is 4.11. The molecule has 194 valence electrons. The van der Waals surface area contributed by atoms with Crippen molar-refractivity contribution in [1.82, 2.24) is 14.8 Å². The van der Waals surface area contributed by atoms with Crippen molar-refractivity contribution in [2.24, 2.45) is 0 Å². The monoisotopic (exact) mass is 534 g/mol. The average molecular weight is 535 g/mol. The molecule has 8 heteroatoms. The Morgan fingerprint density at radius 2 is 1.67 bits per heavy atom. The van der Waals surface area contributed by atoms with Gasteiger partial charge >= 0.3 is 0 Å². The van der Waals surface area contributed by atoms with E-state index in [1.54, 1.807) is 65.5 Å². The number of anilines is 1. The molecule has 0 aliphatic rings. The van der Waals surface area contributed by atoms with Crippen molar-refractivity contribution in [2.75, 3.05) is 17.7 Å². The number of aromatic nitrogens is 3. The summed E-state index contributed by atoms with van der Waals surface area (Å²) >= 11 is 4.21. The highest BCUT2D eigenvalue weighted by Crippen LogP contribution is 2.24. The van der Waals surface area contributed by atoms with Crippen molar-refractivity contribution in [3.8, 4) is 0 Å². The van der Waals surface area contributed by atoms with Gasteiger partial charge in [0.05, 0.1) is 23.5 Å². The van der Waals surface area contributed by atoms with Gasteiger partial charge in [0, 0.05) is 39.7 Å². The summed E-state index contributed by atoms with van der Waals surface area (Å²) in [6.07, 6.45) is 5.54. The van der Waals surface area contributed by atoms with Crippen molar-refractivity contribution in [3.63, 3.8) is 0 Å². The van der Waals surface area contributed by atoms with Gasteiger partial charge < -0.3 is 10.1 Å². The number of ketones is 1. The Morgan fingerprint density at radius 1 is 0.872 bits per heavy atom. The summed E-state index contributed by atoms with van der Waals surface area (Å²) in [6.45, 7) is 0.705. The van der Waals surface area contributed by atoms with E-state index in [0.717, 1.165) is 22.3 Å². The van der Waals surface area contributed by atoms with E-state index in [0.29, 0.717) is 34.7 Å². The van der Waals surface area contributed by atoms with E-state index in [4.69, 9.17) is 9.84 Å². The molecule has 1 N–H and O–H groups in total. The molecule has 0 atom stereocenters. The molecule has 0 bridgehead atoms. The number of hydrogen-bond donors (Lipinski definition) is 2. The number of benzene rings is 3. The van der Waals surface area contributed by atoms with Gasteiger partial charge in [0.15, 0.2) is 5.78 Å². The van der Waals surface area contributed by atoms with Crippen LogP contribution in [-0.2, 0) is 11.5 Å². The molecule has 0 radical (unpaired) electrons. The van der Waals surface area contributed by atoms with E-state index in [-0.39, 0.29) is 18.4 Å². The zero-order valence-electron chi connectivity index (χ0n) is 21.0. The topological polar surface area (TPSA) is 86.1 Å². The minimum atomic E-state index is -0.238. The van der Waals surface area contributed by atoms with Gasteiger partial charge in [-0.3, -0.25) is 14.6 Å². The van der Waals surface area contributed by atoms with Gasteiger partial charge in [-0.2, -0.15) is 17.7 Å². The first-order valence-electron chi connectivity index (χ1n) is 12.4. The molecule has 3 aromatic carbocycles. The van der Waals surface area contributed by atoms with E-state index in [1.807, 2.05) is 48.6 Å². The first-order chi connectivity index (χ1) is 19.1. The molecule has 5 rings (SSSR count). The maximum Gasteiger partial charge on any atom is 0.255 e. The molecular weight excluding hydrogens is 508 g/mol. The highest BCUT2D eigenvalue weighted by atomic mass is 32.1. The summed E-state index contributed by atoms with van der Waals surface area (Å²) in [4.78, 5) is 30.4. The standard InChI is InChI=1S/C31H26N4O3S/c36-30(23-9-6-11-26(19-23)33-31(37)22-7-2-1-3-8-22)24-12-14-27-28(15-13-25-10-4-5-16-32-25)34-35(29(27)20-24)21-38-17-18-39/h1-16,19-20,39H,17-18,21H2,(H,33,37)/b15-13+. The molecule has 5 aromatic rings. The lowest BCUT2D eigenvalue weighted by molar-refractivity contribution is 0.0844. The highest BCUT2D eigenvalue weighted by Gasteiger charge is 2.15. The zero-order valence-corrected chi connectivity index (χ0v) is 21.9. The van der Waals surface area contributed by atoms with Crippen molar-refractivity contribution < 1.29 is 14.3 Å². The number of fused-ring (bicyclic) bond motifs is 1. The third kappa shape index (κ3) is 6.31. The van der Waals surface area contributed by atoms with E-state index in [1.165, 1.54) is 0 Å². The van der Waals surface area contributed by atoms with Crippen LogP contribution < -0.4 is 5.32 Å². The van der Waals surface area contributed by atoms with Gasteiger partial charge in [0.1, 0.15) is 6.73 Å². The summed E-state index contributed by atoms with van der Waals surface area (Å²) < 4.78 is 7.43. The number of hydrogen-bond acceptors (Lipinski definition) is 6. The van der Waals surface area contributed by atoms with Crippen LogP contribution in [0.4, 0.5) is 5.69 Å². The maximum atomic E-state index is 13.5. The van der Waals surface area contributed by atoms with Crippen LogP contribution in [0.5, 0.6) is 0 Å². The second-order valence-electron chi connectivity index (χ2n) is 8.70. The fourth-order valence-corrected chi connectivity index (χ4v) is 4.24. The van der Waals surface area contributed by atoms with Gasteiger partial charge in [-0.15, -0.1) is 0 Å². The van der Waals surface area contributed by atoms with Crippen LogP contribution in [0.15, 0.2) is 97.2 Å². The Morgan fingerprint density at radius 3 is 2.46 bits per heavy atom. The van der Waals surface area contributed by atoms with Crippen LogP contribution in [0.1, 0.15) is 37.7 Å². The number of thiol groups is 1. The number of pyridine rings is 1. The predicted octanol–water partition coefficient (Wildman–Crippen LogP) is 5.99. The summed E-state index contributed by atoms with van der Waals surface area (Å²) in [5.41, 5.74) is 4.39. The highest BCUT2D eigenvalue weighted by molar-refractivity contribution is 7.80. The van der Waals surface area contributed by atoms with Crippen molar-refractivity contribution in [2.45, 2.75) is 6.73 Å². The minimum Gasteiger partial charge on any atom is -0.358 e. The van der Waals surface area contributed by atoms with Gasteiger partial charge in [-0.1, -0.05) is 42.5 Å². The van der Waals surface area contributed by atoms with Gasteiger partial charge in [0.2, 0.25) is 0 Å². The van der Waals surface area contributed by atoms with Crippen LogP contribution in [0.3, 0.4) is 0 Å². The smallest absolute Gasteiger partial charge is 0.255 e. The van der Waals surface area contributed by atoms with E-state index < -0.39 is 0 Å². The Balaban J connectivity index is 1.43. The normalized spacial score (nSPS) is 11.2. The molecule has 0 spiro atoms. The SMILES string of the molecule is O=C(Nc1cccc(C(=O)c2ccc3c(/C=C/c4ccccn4)nn(COCCS)c3c2)c1)c1ccccc1. The number of amides is 1. The lowest BCUT2D eigenvalue weighted by atomic mass is 10.0. The minimum absolute atomic E-state index is 0.165. The van der Waals surface area contributed by atoms with Crippen LogP contribution in [0.25, 0.3) is 23.1 Å². The first kappa shape index (κ1) is 26.1. The van der Waals surface area contributed by atoms with Gasteiger partial charge in [0.25, 0.3) is 5.91 Å². The first-order valence-corrected chi connectivity index (χ1v) is 13.0. The largest absolute Gasteiger partial charge is 0.358 e. The molecule has 0 unspecified atom stereocenters.